The van der Waals surface area contributed by atoms with Gasteiger partial charge < -0.3 is 9.32 Å². The number of benzene rings is 2. The Labute approximate surface area is 156 Å². The maximum atomic E-state index is 6.11. The van der Waals surface area contributed by atoms with E-state index in [0.717, 1.165) is 17.1 Å². The molecule has 3 unspecified atom stereocenters. The van der Waals surface area contributed by atoms with Crippen LogP contribution < -0.4 is 4.90 Å². The molecule has 4 atom stereocenters. The molecule has 3 aliphatic rings. The highest BCUT2D eigenvalue weighted by molar-refractivity contribution is 6.06. The first kappa shape index (κ1) is 16.2. The van der Waals surface area contributed by atoms with E-state index in [1.807, 2.05) is 6.07 Å². The van der Waals surface area contributed by atoms with E-state index in [9.17, 15) is 0 Å². The summed E-state index contributed by atoms with van der Waals surface area (Å²) < 4.78 is 6.11. The number of anilines is 1. The van der Waals surface area contributed by atoms with Crippen molar-refractivity contribution in [2.75, 3.05) is 4.90 Å². The second-order valence-corrected chi connectivity index (χ2v) is 9.39. The van der Waals surface area contributed by atoms with E-state index in [4.69, 9.17) is 4.42 Å². The van der Waals surface area contributed by atoms with Crippen LogP contribution in [0.5, 0.6) is 0 Å². The molecule has 2 aliphatic heterocycles. The number of hydrogen-bond acceptors (Lipinski definition) is 2. The molecule has 2 bridgehead atoms. The van der Waals surface area contributed by atoms with E-state index in [2.05, 4.69) is 69.9 Å². The van der Waals surface area contributed by atoms with Gasteiger partial charge in [-0.15, -0.1) is 0 Å². The van der Waals surface area contributed by atoms with Crippen molar-refractivity contribution in [2.24, 2.45) is 11.3 Å². The zero-order valence-corrected chi connectivity index (χ0v) is 16.6. The highest BCUT2D eigenvalue weighted by Crippen LogP contribution is 2.58. The first-order valence-electron chi connectivity index (χ1n) is 10.0. The molecule has 1 aromatic heterocycles. The molecular weight excluding hydrogens is 318 g/mol. The van der Waals surface area contributed by atoms with Crippen LogP contribution in [0.4, 0.5) is 5.69 Å². The number of rotatable bonds is 1. The molecule has 2 heteroatoms. The highest BCUT2D eigenvalue weighted by atomic mass is 16.3. The van der Waals surface area contributed by atoms with Crippen molar-refractivity contribution in [1.82, 2.24) is 0 Å². The van der Waals surface area contributed by atoms with Gasteiger partial charge in [0.15, 0.2) is 0 Å². The molecule has 1 aliphatic carbocycles. The lowest BCUT2D eigenvalue weighted by Crippen LogP contribution is -2.68. The van der Waals surface area contributed by atoms with Gasteiger partial charge >= 0.3 is 0 Å². The van der Waals surface area contributed by atoms with Crippen LogP contribution in [-0.4, -0.2) is 11.6 Å². The van der Waals surface area contributed by atoms with E-state index in [0.29, 0.717) is 11.5 Å². The van der Waals surface area contributed by atoms with Gasteiger partial charge in [-0.05, 0) is 75.1 Å². The summed E-state index contributed by atoms with van der Waals surface area (Å²) in [6.07, 6.45) is 3.93. The molecule has 3 heterocycles. The highest BCUT2D eigenvalue weighted by Gasteiger charge is 2.56. The van der Waals surface area contributed by atoms with Gasteiger partial charge in [0, 0.05) is 28.0 Å². The summed E-state index contributed by atoms with van der Waals surface area (Å²) in [5, 5.41) is 2.47. The van der Waals surface area contributed by atoms with E-state index in [1.54, 1.807) is 0 Å². The van der Waals surface area contributed by atoms with E-state index < -0.39 is 0 Å². The predicted molar refractivity (Wildman–Crippen MR) is 110 cm³/mol. The maximum Gasteiger partial charge on any atom is 0.135 e. The number of para-hydroxylation sites is 1. The van der Waals surface area contributed by atoms with Crippen LogP contribution in [0.3, 0.4) is 0 Å². The summed E-state index contributed by atoms with van der Waals surface area (Å²) in [7, 11) is 0. The standard InChI is InChI=1S/C24H29NO/c1-15-12-22-19(18-8-6-7-9-21(18)26-22)13-20(15)25-17(3)24(5)11-10-23(25,4)14-16(24)2/h6-9,12-13,16-17H,10-11,14H2,1-5H3/t16?,17-,23?,24?/m0/s1. The fourth-order valence-electron chi connectivity index (χ4n) is 6.00. The van der Waals surface area contributed by atoms with E-state index >= 15 is 0 Å². The zero-order valence-electron chi connectivity index (χ0n) is 16.6. The van der Waals surface area contributed by atoms with Gasteiger partial charge in [-0.3, -0.25) is 0 Å². The van der Waals surface area contributed by atoms with Gasteiger partial charge in [-0.2, -0.15) is 0 Å². The van der Waals surface area contributed by atoms with Crippen LogP contribution in [0.1, 0.15) is 52.5 Å². The molecule has 0 spiro atoms. The molecule has 2 nitrogen and oxygen atoms in total. The van der Waals surface area contributed by atoms with Crippen LogP contribution in [0, 0.1) is 18.3 Å². The normalized spacial score (nSPS) is 34.1. The summed E-state index contributed by atoms with van der Waals surface area (Å²) in [5.41, 5.74) is 5.38. The third-order valence-corrected chi connectivity index (χ3v) is 7.95. The average Bonchev–Trinajstić information content (AvgIpc) is 2.95. The van der Waals surface area contributed by atoms with E-state index in [1.165, 1.54) is 41.3 Å². The summed E-state index contributed by atoms with van der Waals surface area (Å²) in [4.78, 5) is 2.76. The minimum atomic E-state index is 0.259. The minimum absolute atomic E-state index is 0.259. The number of furan rings is 1. The Morgan fingerprint density at radius 2 is 1.77 bits per heavy atom. The van der Waals surface area contributed by atoms with Crippen LogP contribution in [0.25, 0.3) is 21.9 Å². The Kier molecular flexibility index (Phi) is 3.16. The van der Waals surface area contributed by atoms with Crippen molar-refractivity contribution in [3.63, 3.8) is 0 Å². The maximum absolute atomic E-state index is 6.11. The van der Waals surface area contributed by atoms with Crippen molar-refractivity contribution in [3.05, 3.63) is 42.0 Å². The molecule has 0 N–H and O–H groups in total. The van der Waals surface area contributed by atoms with Gasteiger partial charge in [0.25, 0.3) is 0 Å². The summed E-state index contributed by atoms with van der Waals surface area (Å²) in [6.45, 7) is 12.1. The van der Waals surface area contributed by atoms with Crippen LogP contribution >= 0.6 is 0 Å². The molecule has 1 saturated carbocycles. The number of hydrogen-bond donors (Lipinski definition) is 0. The molecule has 6 rings (SSSR count). The first-order valence-corrected chi connectivity index (χ1v) is 10.0. The summed E-state index contributed by atoms with van der Waals surface area (Å²) in [6, 6.07) is 13.6. The lowest BCUT2D eigenvalue weighted by molar-refractivity contribution is -0.00504. The molecule has 3 fully saturated rings. The lowest BCUT2D eigenvalue weighted by Gasteiger charge is -2.65. The lowest BCUT2D eigenvalue weighted by atomic mass is 9.54. The van der Waals surface area contributed by atoms with Gasteiger partial charge in [0.1, 0.15) is 11.2 Å². The molecule has 26 heavy (non-hydrogen) atoms. The number of piperidine rings is 2. The largest absolute Gasteiger partial charge is 0.456 e. The van der Waals surface area contributed by atoms with Crippen molar-refractivity contribution >= 4 is 27.6 Å². The second kappa shape index (κ2) is 5.06. The monoisotopic (exact) mass is 347 g/mol. The fourth-order valence-corrected chi connectivity index (χ4v) is 6.00. The number of fused-ring (bicyclic) bond motifs is 6. The molecular formula is C24H29NO. The van der Waals surface area contributed by atoms with Crippen LogP contribution in [-0.2, 0) is 0 Å². The van der Waals surface area contributed by atoms with E-state index in [-0.39, 0.29) is 5.54 Å². The van der Waals surface area contributed by atoms with Crippen LogP contribution in [0.15, 0.2) is 40.8 Å². The molecule has 136 valence electrons. The SMILES string of the molecule is Cc1cc2oc3ccccc3c2cc1N1[C@@H](C)C2(C)CCC1(C)CC2C. The van der Waals surface area contributed by atoms with Crippen molar-refractivity contribution < 1.29 is 4.42 Å². The van der Waals surface area contributed by atoms with Gasteiger partial charge in [0.05, 0.1) is 0 Å². The predicted octanol–water partition coefficient (Wildman–Crippen LogP) is 6.69. The Hall–Kier alpha value is -1.96. The zero-order chi connectivity index (χ0) is 18.3. The van der Waals surface area contributed by atoms with Crippen molar-refractivity contribution in [1.29, 1.82) is 0 Å². The van der Waals surface area contributed by atoms with Crippen molar-refractivity contribution in [3.8, 4) is 0 Å². The Balaban J connectivity index is 1.73. The van der Waals surface area contributed by atoms with Gasteiger partial charge in [-0.1, -0.05) is 32.0 Å². The third kappa shape index (κ3) is 1.93. The van der Waals surface area contributed by atoms with Crippen LogP contribution in [0.2, 0.25) is 0 Å². The first-order chi connectivity index (χ1) is 12.3. The Bertz CT molecular complexity index is 1020. The van der Waals surface area contributed by atoms with Gasteiger partial charge in [-0.25, -0.2) is 0 Å². The Morgan fingerprint density at radius 1 is 1.00 bits per heavy atom. The Morgan fingerprint density at radius 3 is 2.54 bits per heavy atom. The summed E-state index contributed by atoms with van der Waals surface area (Å²) >= 11 is 0. The molecule has 3 aromatic rings. The topological polar surface area (TPSA) is 16.4 Å². The van der Waals surface area contributed by atoms with Crippen molar-refractivity contribution in [2.45, 2.75) is 65.5 Å². The minimum Gasteiger partial charge on any atom is -0.456 e. The molecule has 0 radical (unpaired) electrons. The summed E-state index contributed by atoms with van der Waals surface area (Å²) in [5.74, 6) is 0.784. The number of nitrogens with zero attached hydrogens (tertiary/aromatic N) is 1. The smallest absolute Gasteiger partial charge is 0.135 e. The quantitative estimate of drug-likeness (QED) is 0.487. The fraction of sp³-hybridized carbons (Fsp3) is 0.500. The molecule has 0 amide bonds. The second-order valence-electron chi connectivity index (χ2n) is 9.39. The number of aryl methyl sites for hydroxylation is 1. The molecule has 2 saturated heterocycles. The van der Waals surface area contributed by atoms with Gasteiger partial charge in [0.2, 0.25) is 0 Å². The molecule has 2 aromatic carbocycles. The average molecular weight is 348 g/mol. The third-order valence-electron chi connectivity index (χ3n) is 7.95.